The summed E-state index contributed by atoms with van der Waals surface area (Å²) < 4.78 is 60.4. The van der Waals surface area contributed by atoms with Crippen LogP contribution in [0.1, 0.15) is 56.3 Å². The molecule has 3 fully saturated rings. The van der Waals surface area contributed by atoms with Crippen LogP contribution in [0.4, 0.5) is 10.1 Å². The summed E-state index contributed by atoms with van der Waals surface area (Å²) in [6, 6.07) is 7.86. The lowest BCUT2D eigenvalue weighted by atomic mass is 9.76. The molecule has 15 heteroatoms. The van der Waals surface area contributed by atoms with Crippen LogP contribution >= 0.6 is 31.8 Å². The Morgan fingerprint density at radius 3 is 2.54 bits per heavy atom. The van der Waals surface area contributed by atoms with Gasteiger partial charge < -0.3 is 34.4 Å². The minimum absolute atomic E-state index is 0.0157. The van der Waals surface area contributed by atoms with Crippen LogP contribution in [0.3, 0.4) is 0 Å². The van der Waals surface area contributed by atoms with E-state index >= 15 is 0 Å². The van der Waals surface area contributed by atoms with Gasteiger partial charge in [0.2, 0.25) is 15.7 Å². The molecule has 1 saturated heterocycles. The van der Waals surface area contributed by atoms with Crippen LogP contribution in [0.15, 0.2) is 41.3 Å². The second-order valence-corrected chi connectivity index (χ2v) is 17.9. The fourth-order valence-electron chi connectivity index (χ4n) is 6.13. The number of ether oxygens (including phenoxy) is 4. The molecule has 3 aliphatic rings. The van der Waals surface area contributed by atoms with E-state index in [1.54, 1.807) is 12.1 Å². The van der Waals surface area contributed by atoms with Crippen LogP contribution in [0.25, 0.3) is 0 Å². The van der Waals surface area contributed by atoms with E-state index in [0.717, 1.165) is 13.2 Å². The molecule has 0 spiro atoms. The van der Waals surface area contributed by atoms with Crippen molar-refractivity contribution in [3.05, 3.63) is 42.0 Å². The van der Waals surface area contributed by atoms with Crippen molar-refractivity contribution in [3.63, 3.8) is 0 Å². The van der Waals surface area contributed by atoms with Crippen molar-refractivity contribution in [1.29, 1.82) is 0 Å². The van der Waals surface area contributed by atoms with Crippen molar-refractivity contribution in [2.24, 2.45) is 11.3 Å². The molecular weight excluding hydrogens is 753 g/mol. The van der Waals surface area contributed by atoms with Crippen LogP contribution in [-0.4, -0.2) is 67.8 Å². The largest absolute Gasteiger partial charge is 0.496 e. The molecule has 2 saturated carbocycles. The van der Waals surface area contributed by atoms with E-state index in [9.17, 15) is 27.2 Å². The van der Waals surface area contributed by atoms with Gasteiger partial charge in [-0.05, 0) is 92.0 Å². The molecule has 6 atom stereocenters. The van der Waals surface area contributed by atoms with Gasteiger partial charge in [-0.3, -0.25) is 9.59 Å². The zero-order valence-electron chi connectivity index (χ0n) is 25.6. The number of rotatable bonds is 10. The zero-order valence-corrected chi connectivity index (χ0v) is 29.7. The Morgan fingerprint density at radius 1 is 1.17 bits per heavy atom. The van der Waals surface area contributed by atoms with Crippen LogP contribution in [0.2, 0.25) is 0 Å². The number of alkyl halides is 2. The van der Waals surface area contributed by atoms with Crippen molar-refractivity contribution in [2.75, 3.05) is 19.2 Å². The first-order valence-corrected chi connectivity index (χ1v) is 18.0. The Morgan fingerprint density at radius 2 is 1.89 bits per heavy atom. The first kappa shape index (κ1) is 34.9. The number of amides is 2. The van der Waals surface area contributed by atoms with Crippen molar-refractivity contribution >= 4 is 70.8 Å². The summed E-state index contributed by atoms with van der Waals surface area (Å²) in [4.78, 5) is 38.6. The van der Waals surface area contributed by atoms with Crippen LogP contribution in [0, 0.1) is 11.3 Å². The van der Waals surface area contributed by atoms with E-state index in [1.165, 1.54) is 54.0 Å². The number of benzene rings is 2. The topological polar surface area (TPSA) is 146 Å². The lowest BCUT2D eigenvalue weighted by Crippen LogP contribution is -2.48. The molecule has 2 N–H and O–H groups in total. The Hall–Kier alpha value is -2.39. The number of fused-ring (bicyclic) bond motifs is 1. The van der Waals surface area contributed by atoms with E-state index in [4.69, 9.17) is 18.9 Å². The van der Waals surface area contributed by atoms with Gasteiger partial charge in [0.25, 0.3) is 8.91 Å². The Labute approximate surface area is 283 Å². The van der Waals surface area contributed by atoms with Gasteiger partial charge in [0, 0.05) is 16.4 Å². The van der Waals surface area contributed by atoms with E-state index in [2.05, 4.69) is 19.9 Å². The summed E-state index contributed by atoms with van der Waals surface area (Å²) >= 11 is 1.21. The molecule has 250 valence electrons. The lowest BCUT2D eigenvalue weighted by molar-refractivity contribution is -0.121. The third-order valence-corrected chi connectivity index (χ3v) is 12.9. The maximum Gasteiger partial charge on any atom is 0.261 e. The highest BCUT2D eigenvalue weighted by Crippen LogP contribution is 2.39. The van der Waals surface area contributed by atoms with Crippen LogP contribution in [0.5, 0.6) is 11.5 Å². The van der Waals surface area contributed by atoms with E-state index < -0.39 is 48.8 Å². The van der Waals surface area contributed by atoms with Gasteiger partial charge in [-0.1, -0.05) is 13.0 Å². The fourth-order valence-corrected chi connectivity index (χ4v) is 8.14. The average molecular weight is 791 g/mol. The summed E-state index contributed by atoms with van der Waals surface area (Å²) in [5, 5.41) is 6.36. The number of carbonyl (C=O) groups is 3. The van der Waals surface area contributed by atoms with Crippen molar-refractivity contribution in [2.45, 2.75) is 78.2 Å². The number of methoxy groups -OCH3 is 1. The third-order valence-electron chi connectivity index (χ3n) is 8.93. The Kier molecular flexibility index (Phi) is 10.3. The number of nitrogens with one attached hydrogen (secondary N) is 2. The molecule has 1 heterocycles. The van der Waals surface area contributed by atoms with E-state index in [1.807, 2.05) is 6.92 Å². The summed E-state index contributed by atoms with van der Waals surface area (Å²) in [6.07, 6.45) is 2.90. The van der Waals surface area contributed by atoms with Gasteiger partial charge in [0.05, 0.1) is 41.7 Å². The number of sulfone groups is 1. The minimum Gasteiger partial charge on any atom is -0.496 e. The summed E-state index contributed by atoms with van der Waals surface area (Å²) in [6.45, 7) is 2.90. The second-order valence-electron chi connectivity index (χ2n) is 12.3. The molecule has 0 aromatic heterocycles. The summed E-state index contributed by atoms with van der Waals surface area (Å²) in [5.41, 5.74) is 0.00444. The van der Waals surface area contributed by atoms with Gasteiger partial charge in [-0.15, -0.1) is 9.24 Å². The molecule has 46 heavy (non-hydrogen) atoms. The highest BCUT2D eigenvalue weighted by Gasteiger charge is 2.51. The number of carbonyl (C=O) groups excluding carboxylic acids is 3. The van der Waals surface area contributed by atoms with Gasteiger partial charge in [-0.2, -0.15) is 0 Å². The zero-order chi connectivity index (χ0) is 33.4. The Balaban J connectivity index is 1.34. The highest BCUT2D eigenvalue weighted by molar-refractivity contribution is 14.1. The quantitative estimate of drug-likeness (QED) is 0.158. The predicted octanol–water partition coefficient (Wildman–Crippen LogP) is 4.07. The highest BCUT2D eigenvalue weighted by atomic mass is 127. The Bertz CT molecular complexity index is 1610. The molecule has 0 radical (unpaired) electrons. The fraction of sp³-hybridized carbons (Fsp3) is 0.516. The van der Waals surface area contributed by atoms with Crippen LogP contribution in [-0.2, 0) is 28.9 Å². The SMILES string of the molecule is COc1cc(P)c(OC2CCC(C)(C=O)CC2)cc1C(=O)N[C@@H]1[C@H]2OCO[C@H]2C[C@@H]1C(=O)Nc1cccc(S(=O)(=O)C(C)(F)I)c1. The monoisotopic (exact) mass is 790 g/mol. The maximum atomic E-state index is 14.4. The van der Waals surface area contributed by atoms with Crippen LogP contribution < -0.4 is 25.4 Å². The molecule has 2 aromatic rings. The first-order chi connectivity index (χ1) is 21.7. The molecule has 11 nitrogen and oxygen atoms in total. The second kappa shape index (κ2) is 13.6. The minimum atomic E-state index is -4.32. The van der Waals surface area contributed by atoms with Gasteiger partial charge in [0.1, 0.15) is 30.7 Å². The van der Waals surface area contributed by atoms with Gasteiger partial charge >= 0.3 is 0 Å². The number of anilines is 1. The summed E-state index contributed by atoms with van der Waals surface area (Å²) in [7, 11) is -0.277. The number of aldehydes is 1. The van der Waals surface area contributed by atoms with Gasteiger partial charge in [-0.25, -0.2) is 12.8 Å². The van der Waals surface area contributed by atoms with E-state index in [0.29, 0.717) is 42.5 Å². The number of halogens is 2. The normalized spacial score (nSPS) is 28.9. The molecular formula is C31H37FIN2O9PS. The van der Waals surface area contributed by atoms with Crippen molar-refractivity contribution in [1.82, 2.24) is 5.32 Å². The molecule has 2 unspecified atom stereocenters. The average Bonchev–Trinajstić information content (AvgIpc) is 3.61. The smallest absolute Gasteiger partial charge is 0.261 e. The lowest BCUT2D eigenvalue weighted by Gasteiger charge is -2.33. The molecule has 2 aromatic carbocycles. The molecule has 0 bridgehead atoms. The standard InChI is InChI=1S/C31H37FIN2O9PS/c1-30(15-36)9-7-18(8-10-30)44-23-12-20(22(41-3)14-25(23)45)28(37)35-26-21(13-24-27(26)43-16-42-24)29(38)34-17-5-4-6-19(11-17)46(39,40)31(2,32)33/h4-6,11-12,14-15,18,21,24,26-27H,7-10,13,16,45H2,1-3H3,(H,34,38)(H,35,37)/t18?,21-,24-,26-,27-,30?,31?/m0/s1. The van der Waals surface area contributed by atoms with Crippen molar-refractivity contribution in [3.8, 4) is 11.5 Å². The maximum absolute atomic E-state index is 14.4. The number of hydrogen-bond donors (Lipinski definition) is 2. The molecule has 1 aliphatic heterocycles. The molecule has 2 aliphatic carbocycles. The number of hydrogen-bond acceptors (Lipinski definition) is 9. The molecule has 5 rings (SSSR count). The van der Waals surface area contributed by atoms with E-state index in [-0.39, 0.29) is 40.9 Å². The van der Waals surface area contributed by atoms with Crippen molar-refractivity contribution < 1.29 is 46.1 Å². The first-order valence-electron chi connectivity index (χ1n) is 14.8. The molecule has 2 amide bonds. The van der Waals surface area contributed by atoms with Gasteiger partial charge in [0.15, 0.2) is 0 Å². The summed E-state index contributed by atoms with van der Waals surface area (Å²) in [5.74, 6) is -1.01. The predicted molar refractivity (Wildman–Crippen MR) is 179 cm³/mol. The third kappa shape index (κ3) is 7.20.